The van der Waals surface area contributed by atoms with Gasteiger partial charge in [-0.3, -0.25) is 9.88 Å². The van der Waals surface area contributed by atoms with Gasteiger partial charge in [-0.2, -0.15) is 26.3 Å². The van der Waals surface area contributed by atoms with Crippen LogP contribution in [0.5, 0.6) is 0 Å². The first kappa shape index (κ1) is 30.8. The molecule has 0 radical (unpaired) electrons. The van der Waals surface area contributed by atoms with Crippen LogP contribution in [0, 0.1) is 13.8 Å². The minimum absolute atomic E-state index is 0.0685. The second kappa shape index (κ2) is 11.8. The number of guanidine groups is 1. The summed E-state index contributed by atoms with van der Waals surface area (Å²) >= 11 is 0. The Morgan fingerprint density at radius 2 is 1.70 bits per heavy atom. The maximum atomic E-state index is 13.5. The van der Waals surface area contributed by atoms with Crippen molar-refractivity contribution in [2.24, 2.45) is 16.7 Å². The molecule has 2 aromatic rings. The van der Waals surface area contributed by atoms with Crippen molar-refractivity contribution in [3.8, 4) is 0 Å². The minimum atomic E-state index is -5.01. The monoisotopic (exact) mass is 574 g/mol. The van der Waals surface area contributed by atoms with Gasteiger partial charge in [0.05, 0.1) is 29.1 Å². The molecule has 2 heterocycles. The van der Waals surface area contributed by atoms with E-state index in [2.05, 4.69) is 10.1 Å². The molecule has 8 nitrogen and oxygen atoms in total. The highest BCUT2D eigenvalue weighted by atomic mass is 19.4. The van der Waals surface area contributed by atoms with Crippen LogP contribution in [0.2, 0.25) is 0 Å². The quantitative estimate of drug-likeness (QED) is 0.161. The summed E-state index contributed by atoms with van der Waals surface area (Å²) in [7, 11) is 0. The number of alkyl halides is 6. The van der Waals surface area contributed by atoms with Crippen LogP contribution in [0.25, 0.3) is 0 Å². The number of nitrogens with two attached hydrogens (primary N) is 2. The van der Waals surface area contributed by atoms with Gasteiger partial charge in [-0.05, 0) is 75.4 Å². The van der Waals surface area contributed by atoms with Crippen LogP contribution in [-0.4, -0.2) is 40.6 Å². The molecule has 2 atom stereocenters. The second-order valence-electron chi connectivity index (χ2n) is 9.61. The molecule has 4 N–H and O–H groups in total. The number of hydrogen-bond donors (Lipinski definition) is 2. The molecule has 0 fully saturated rings. The van der Waals surface area contributed by atoms with Crippen molar-refractivity contribution in [1.29, 1.82) is 0 Å². The summed E-state index contributed by atoms with van der Waals surface area (Å²) in [6.07, 6.45) is -9.69. The highest BCUT2D eigenvalue weighted by Gasteiger charge is 2.39. The topological polar surface area (TPSA) is 110 Å². The lowest BCUT2D eigenvalue weighted by Gasteiger charge is -2.35. The molecular weight excluding hydrogens is 542 g/mol. The first-order valence-corrected chi connectivity index (χ1v) is 12.6. The van der Waals surface area contributed by atoms with E-state index in [1.165, 1.54) is 9.80 Å². The summed E-state index contributed by atoms with van der Waals surface area (Å²) in [4.78, 5) is 20.5. The zero-order valence-electron chi connectivity index (χ0n) is 22.5. The molecule has 1 amide bonds. The van der Waals surface area contributed by atoms with Gasteiger partial charge in [0, 0.05) is 24.3 Å². The fourth-order valence-electron chi connectivity index (χ4n) is 5.13. The summed E-state index contributed by atoms with van der Waals surface area (Å²) in [6, 6.07) is 2.07. The van der Waals surface area contributed by atoms with Crippen molar-refractivity contribution in [2.45, 2.75) is 77.9 Å². The number of anilines is 1. The number of halogens is 6. The number of pyridine rings is 1. The largest absolute Gasteiger partial charge is 0.449 e. The molecule has 1 aliphatic rings. The number of carbonyl (C=O) groups is 1. The number of aromatic nitrogens is 1. The first-order valence-electron chi connectivity index (χ1n) is 12.6. The normalized spacial score (nSPS) is 18.2. The number of nitrogens with zero attached hydrogens (tertiary/aromatic N) is 4. The van der Waals surface area contributed by atoms with Crippen molar-refractivity contribution < 1.29 is 35.9 Å². The summed E-state index contributed by atoms with van der Waals surface area (Å²) in [5.41, 5.74) is 5.39. The fourth-order valence-corrected chi connectivity index (χ4v) is 5.13. The smallest absolute Gasteiger partial charge is 0.416 e. The molecule has 14 heteroatoms. The Morgan fingerprint density at radius 3 is 2.20 bits per heavy atom. The van der Waals surface area contributed by atoms with E-state index < -0.39 is 48.2 Å². The van der Waals surface area contributed by atoms with Crippen molar-refractivity contribution in [2.75, 3.05) is 11.5 Å². The van der Waals surface area contributed by atoms with Crippen LogP contribution in [0.15, 0.2) is 29.4 Å². The van der Waals surface area contributed by atoms with E-state index in [4.69, 9.17) is 16.3 Å². The Bertz CT molecular complexity index is 1230. The fraction of sp³-hybridized carbons (Fsp3) is 0.500. The number of rotatable bonds is 5. The SMILES string of the molecule is CCOC(=O)N1c2c(cc(C)nc2C)CC(N(Cc2cc(C(F)(F)F)cc(C(F)(F)F)c2)/C(N)=N/N)CC1CC. The molecule has 0 aliphatic carbocycles. The van der Waals surface area contributed by atoms with Crippen molar-refractivity contribution >= 4 is 17.7 Å². The molecular formula is C26H32F6N6O2. The minimum Gasteiger partial charge on any atom is -0.449 e. The zero-order chi connectivity index (χ0) is 30.0. The van der Waals surface area contributed by atoms with E-state index in [0.717, 1.165) is 0 Å². The zero-order valence-corrected chi connectivity index (χ0v) is 22.5. The number of hydrazone groups is 1. The first-order chi connectivity index (χ1) is 18.6. The van der Waals surface area contributed by atoms with Gasteiger partial charge in [-0.1, -0.05) is 6.92 Å². The number of benzene rings is 1. The lowest BCUT2D eigenvalue weighted by Crippen LogP contribution is -2.48. The van der Waals surface area contributed by atoms with Gasteiger partial charge < -0.3 is 21.2 Å². The van der Waals surface area contributed by atoms with Gasteiger partial charge in [0.1, 0.15) is 0 Å². The molecule has 0 spiro atoms. The van der Waals surface area contributed by atoms with Gasteiger partial charge in [-0.25, -0.2) is 4.79 Å². The summed E-state index contributed by atoms with van der Waals surface area (Å²) < 4.78 is 86.5. The van der Waals surface area contributed by atoms with Crippen LogP contribution >= 0.6 is 0 Å². The third-order valence-electron chi connectivity index (χ3n) is 6.78. The summed E-state index contributed by atoms with van der Waals surface area (Å²) in [5.74, 6) is 5.18. The van der Waals surface area contributed by atoms with Gasteiger partial charge in [0.15, 0.2) is 0 Å². The Labute approximate surface area is 228 Å². The molecule has 0 saturated carbocycles. The Balaban J connectivity index is 2.15. The van der Waals surface area contributed by atoms with Gasteiger partial charge >= 0.3 is 18.4 Å². The number of fused-ring (bicyclic) bond motifs is 1. The lowest BCUT2D eigenvalue weighted by atomic mass is 9.97. The highest BCUT2D eigenvalue weighted by molar-refractivity contribution is 5.90. The lowest BCUT2D eigenvalue weighted by molar-refractivity contribution is -0.143. The molecule has 2 unspecified atom stereocenters. The predicted molar refractivity (Wildman–Crippen MR) is 137 cm³/mol. The summed E-state index contributed by atoms with van der Waals surface area (Å²) in [5, 5.41) is 3.52. The number of carbonyl (C=O) groups excluding carboxylic acids is 1. The average Bonchev–Trinajstić information content (AvgIpc) is 3.02. The van der Waals surface area contributed by atoms with Crippen LogP contribution in [-0.2, 0) is 30.1 Å². The standard InChI is InChI=1S/C26H32F6N6O2/c1-5-20-12-21(10-17-7-14(3)35-15(4)22(17)38(20)24(39)40-6-2)37(23(33)36-34)13-16-8-18(25(27,28)29)11-19(9-16)26(30,31)32/h7-9,11,20-21H,5-6,10,12-13,34H2,1-4H3,(H2,33,36). The summed E-state index contributed by atoms with van der Waals surface area (Å²) in [6.45, 7) is 6.72. The van der Waals surface area contributed by atoms with Crippen LogP contribution in [0.4, 0.5) is 36.8 Å². The molecule has 1 aromatic heterocycles. The molecule has 3 rings (SSSR count). The molecule has 220 valence electrons. The van der Waals surface area contributed by atoms with Crippen molar-refractivity contribution in [3.63, 3.8) is 0 Å². The van der Waals surface area contributed by atoms with Crippen LogP contribution < -0.4 is 16.5 Å². The maximum absolute atomic E-state index is 13.5. The Morgan fingerprint density at radius 1 is 1.10 bits per heavy atom. The van der Waals surface area contributed by atoms with Gasteiger partial charge in [0.25, 0.3) is 0 Å². The van der Waals surface area contributed by atoms with E-state index in [9.17, 15) is 31.1 Å². The third-order valence-corrected chi connectivity index (χ3v) is 6.78. The Kier molecular flexibility index (Phi) is 9.10. The van der Waals surface area contributed by atoms with Crippen molar-refractivity contribution in [1.82, 2.24) is 9.88 Å². The average molecular weight is 575 g/mol. The second-order valence-corrected chi connectivity index (χ2v) is 9.61. The van der Waals surface area contributed by atoms with E-state index in [1.54, 1.807) is 26.8 Å². The Hall–Kier alpha value is -3.71. The van der Waals surface area contributed by atoms with Crippen molar-refractivity contribution in [3.05, 3.63) is 57.9 Å². The van der Waals surface area contributed by atoms with Gasteiger partial charge in [0.2, 0.25) is 5.96 Å². The van der Waals surface area contributed by atoms with Crippen LogP contribution in [0.3, 0.4) is 0 Å². The van der Waals surface area contributed by atoms with Crippen LogP contribution in [0.1, 0.15) is 60.3 Å². The molecule has 1 aromatic carbocycles. The van der Waals surface area contributed by atoms with E-state index in [1.807, 2.05) is 6.92 Å². The maximum Gasteiger partial charge on any atom is 0.416 e. The number of hydrogen-bond acceptors (Lipinski definition) is 5. The predicted octanol–water partition coefficient (Wildman–Crippen LogP) is 5.48. The number of ether oxygens (including phenoxy) is 1. The molecule has 0 saturated heterocycles. The molecule has 40 heavy (non-hydrogen) atoms. The van der Waals surface area contributed by atoms with E-state index >= 15 is 0 Å². The number of amides is 1. The highest BCUT2D eigenvalue weighted by Crippen LogP contribution is 2.38. The third kappa shape index (κ3) is 6.70. The van der Waals surface area contributed by atoms with Gasteiger partial charge in [-0.15, -0.1) is 5.10 Å². The molecule has 0 bridgehead atoms. The number of aryl methyl sites for hydroxylation is 2. The van der Waals surface area contributed by atoms with E-state index in [0.29, 0.717) is 41.2 Å². The molecule has 1 aliphatic heterocycles. The van der Waals surface area contributed by atoms with E-state index in [-0.39, 0.29) is 37.0 Å².